The summed E-state index contributed by atoms with van der Waals surface area (Å²) in [6.45, 7) is 8.05. The summed E-state index contributed by atoms with van der Waals surface area (Å²) in [7, 11) is 3.99. The Balaban J connectivity index is 2.13. The van der Waals surface area contributed by atoms with Gasteiger partial charge >= 0.3 is 0 Å². The Bertz CT molecular complexity index is 535. The van der Waals surface area contributed by atoms with Crippen molar-refractivity contribution in [3.8, 4) is 0 Å². The Hall–Kier alpha value is -1.55. The van der Waals surface area contributed by atoms with Crippen molar-refractivity contribution in [3.05, 3.63) is 35.4 Å². The van der Waals surface area contributed by atoms with Gasteiger partial charge in [0, 0.05) is 45.8 Å². The van der Waals surface area contributed by atoms with Gasteiger partial charge < -0.3 is 15.0 Å². The predicted octanol–water partition coefficient (Wildman–Crippen LogP) is 3.35. The van der Waals surface area contributed by atoms with Crippen LogP contribution in [0.5, 0.6) is 0 Å². The third kappa shape index (κ3) is 4.50. The van der Waals surface area contributed by atoms with Gasteiger partial charge in [0.25, 0.3) is 0 Å². The normalized spacial score (nSPS) is 17.6. The van der Waals surface area contributed by atoms with Gasteiger partial charge in [-0.3, -0.25) is 4.99 Å². The smallest absolute Gasteiger partial charge is 0.193 e. The molecular formula is C20H33N3O. The van der Waals surface area contributed by atoms with Crippen LogP contribution in [0.2, 0.25) is 0 Å². The topological polar surface area (TPSA) is 36.9 Å². The zero-order valence-corrected chi connectivity index (χ0v) is 15.8. The molecule has 1 aromatic rings. The number of aliphatic imine (C=N–C) groups is 1. The zero-order valence-electron chi connectivity index (χ0n) is 15.8. The molecule has 4 nitrogen and oxygen atoms in total. The fourth-order valence-corrected chi connectivity index (χ4v) is 3.61. The van der Waals surface area contributed by atoms with Crippen LogP contribution in [0.4, 0.5) is 0 Å². The van der Waals surface area contributed by atoms with Gasteiger partial charge in [0.2, 0.25) is 0 Å². The molecule has 0 saturated carbocycles. The van der Waals surface area contributed by atoms with Crippen molar-refractivity contribution in [1.82, 2.24) is 10.2 Å². The van der Waals surface area contributed by atoms with Gasteiger partial charge in [-0.2, -0.15) is 0 Å². The number of unbranched alkanes of at least 4 members (excludes halogenated alkanes) is 1. The molecule has 2 rings (SSSR count). The molecule has 0 amide bonds. The van der Waals surface area contributed by atoms with E-state index in [1.54, 1.807) is 0 Å². The third-order valence-electron chi connectivity index (χ3n) is 5.17. The third-order valence-corrected chi connectivity index (χ3v) is 5.17. The lowest BCUT2D eigenvalue weighted by molar-refractivity contribution is 0.0510. The monoisotopic (exact) mass is 331 g/mol. The van der Waals surface area contributed by atoms with Gasteiger partial charge in [-0.25, -0.2) is 0 Å². The van der Waals surface area contributed by atoms with E-state index in [1.807, 2.05) is 7.05 Å². The molecule has 1 aromatic carbocycles. The van der Waals surface area contributed by atoms with Crippen LogP contribution < -0.4 is 5.32 Å². The van der Waals surface area contributed by atoms with Crippen molar-refractivity contribution in [1.29, 1.82) is 0 Å². The summed E-state index contributed by atoms with van der Waals surface area (Å²) in [6, 6.07) is 8.78. The predicted molar refractivity (Wildman–Crippen MR) is 102 cm³/mol. The van der Waals surface area contributed by atoms with Gasteiger partial charge in [0.1, 0.15) is 0 Å². The Morgan fingerprint density at radius 3 is 2.62 bits per heavy atom. The van der Waals surface area contributed by atoms with Crippen molar-refractivity contribution in [2.45, 2.75) is 44.9 Å². The molecule has 0 spiro atoms. The van der Waals surface area contributed by atoms with Gasteiger partial charge in [-0.05, 0) is 37.3 Å². The van der Waals surface area contributed by atoms with Crippen molar-refractivity contribution in [2.75, 3.05) is 40.4 Å². The Morgan fingerprint density at radius 2 is 2.00 bits per heavy atom. The molecule has 0 radical (unpaired) electrons. The Morgan fingerprint density at radius 1 is 1.29 bits per heavy atom. The van der Waals surface area contributed by atoms with Gasteiger partial charge in [-0.1, -0.05) is 37.6 Å². The standard InChI is InChI=1S/C20H33N3O/c1-5-6-13-23(4)19(21-3)22-16-20(11-14-24-15-12-20)18-10-8-7-9-17(18)2/h7-10H,5-6,11-16H2,1-4H3,(H,21,22). The Labute approximate surface area is 147 Å². The summed E-state index contributed by atoms with van der Waals surface area (Å²) >= 11 is 0. The number of guanidine groups is 1. The molecule has 1 heterocycles. The minimum absolute atomic E-state index is 0.130. The van der Waals surface area contributed by atoms with E-state index < -0.39 is 0 Å². The van der Waals surface area contributed by atoms with E-state index in [-0.39, 0.29) is 5.41 Å². The second-order valence-electron chi connectivity index (χ2n) is 6.88. The summed E-state index contributed by atoms with van der Waals surface area (Å²) < 4.78 is 5.65. The molecule has 24 heavy (non-hydrogen) atoms. The van der Waals surface area contributed by atoms with E-state index in [0.29, 0.717) is 0 Å². The molecule has 1 aliphatic heterocycles. The summed E-state index contributed by atoms with van der Waals surface area (Å²) in [5, 5.41) is 3.63. The Kier molecular flexibility index (Phi) is 7.10. The summed E-state index contributed by atoms with van der Waals surface area (Å²) in [4.78, 5) is 6.70. The molecule has 1 fully saturated rings. The first-order chi connectivity index (χ1) is 11.6. The molecule has 134 valence electrons. The molecule has 0 unspecified atom stereocenters. The number of ether oxygens (including phenoxy) is 1. The van der Waals surface area contributed by atoms with Crippen LogP contribution in [0.15, 0.2) is 29.3 Å². The number of nitrogens with zero attached hydrogens (tertiary/aromatic N) is 2. The molecule has 0 aliphatic carbocycles. The van der Waals surface area contributed by atoms with Crippen LogP contribution in [0, 0.1) is 6.92 Å². The largest absolute Gasteiger partial charge is 0.381 e. The highest BCUT2D eigenvalue weighted by molar-refractivity contribution is 5.79. The van der Waals surface area contributed by atoms with Crippen molar-refractivity contribution in [3.63, 3.8) is 0 Å². The molecular weight excluding hydrogens is 298 g/mol. The van der Waals surface area contributed by atoms with Crippen LogP contribution in [-0.2, 0) is 10.2 Å². The van der Waals surface area contributed by atoms with Gasteiger partial charge in [0.15, 0.2) is 5.96 Å². The maximum atomic E-state index is 5.65. The number of nitrogens with one attached hydrogen (secondary N) is 1. The van der Waals surface area contributed by atoms with E-state index in [2.05, 4.69) is 60.4 Å². The zero-order chi connectivity index (χ0) is 17.4. The van der Waals surface area contributed by atoms with E-state index >= 15 is 0 Å². The number of aryl methyl sites for hydroxylation is 1. The van der Waals surface area contributed by atoms with Crippen LogP contribution in [0.25, 0.3) is 0 Å². The summed E-state index contributed by atoms with van der Waals surface area (Å²) in [5.74, 6) is 0.989. The average molecular weight is 332 g/mol. The first kappa shape index (κ1) is 18.8. The van der Waals surface area contributed by atoms with Gasteiger partial charge in [-0.15, -0.1) is 0 Å². The molecule has 0 aromatic heterocycles. The summed E-state index contributed by atoms with van der Waals surface area (Å²) in [5.41, 5.74) is 2.95. The molecule has 1 aliphatic rings. The highest BCUT2D eigenvalue weighted by atomic mass is 16.5. The first-order valence-corrected chi connectivity index (χ1v) is 9.18. The lowest BCUT2D eigenvalue weighted by Gasteiger charge is -2.39. The quantitative estimate of drug-likeness (QED) is 0.641. The second kappa shape index (κ2) is 9.07. The highest BCUT2D eigenvalue weighted by Gasteiger charge is 2.35. The lowest BCUT2D eigenvalue weighted by atomic mass is 9.72. The first-order valence-electron chi connectivity index (χ1n) is 9.18. The van der Waals surface area contributed by atoms with E-state index in [4.69, 9.17) is 4.74 Å². The number of rotatable bonds is 6. The number of hydrogen-bond donors (Lipinski definition) is 1. The van der Waals surface area contributed by atoms with E-state index in [9.17, 15) is 0 Å². The number of hydrogen-bond acceptors (Lipinski definition) is 2. The maximum Gasteiger partial charge on any atom is 0.193 e. The minimum Gasteiger partial charge on any atom is -0.381 e. The van der Waals surface area contributed by atoms with Crippen LogP contribution >= 0.6 is 0 Å². The van der Waals surface area contributed by atoms with Crippen molar-refractivity contribution in [2.24, 2.45) is 4.99 Å². The van der Waals surface area contributed by atoms with Gasteiger partial charge in [0.05, 0.1) is 0 Å². The van der Waals surface area contributed by atoms with Crippen LogP contribution in [0.1, 0.15) is 43.7 Å². The summed E-state index contributed by atoms with van der Waals surface area (Å²) in [6.07, 6.45) is 4.50. The molecule has 1 saturated heterocycles. The second-order valence-corrected chi connectivity index (χ2v) is 6.88. The van der Waals surface area contributed by atoms with E-state index in [1.165, 1.54) is 24.0 Å². The van der Waals surface area contributed by atoms with Crippen molar-refractivity contribution >= 4 is 5.96 Å². The molecule has 0 atom stereocenters. The molecule has 1 N–H and O–H groups in total. The fraction of sp³-hybridized carbons (Fsp3) is 0.650. The van der Waals surface area contributed by atoms with Crippen LogP contribution in [-0.4, -0.2) is 51.3 Å². The number of benzene rings is 1. The average Bonchev–Trinajstić information content (AvgIpc) is 2.61. The van der Waals surface area contributed by atoms with Crippen molar-refractivity contribution < 1.29 is 4.74 Å². The highest BCUT2D eigenvalue weighted by Crippen LogP contribution is 2.36. The lowest BCUT2D eigenvalue weighted by Crippen LogP contribution is -2.48. The molecule has 0 bridgehead atoms. The van der Waals surface area contributed by atoms with Crippen LogP contribution in [0.3, 0.4) is 0 Å². The maximum absolute atomic E-state index is 5.65. The SMILES string of the molecule is CCCCN(C)C(=NC)NCC1(c2ccccc2C)CCOCC1. The van der Waals surface area contributed by atoms with E-state index in [0.717, 1.165) is 45.1 Å². The molecule has 4 heteroatoms. The fourth-order valence-electron chi connectivity index (χ4n) is 3.61. The minimum atomic E-state index is 0.130.